The quantitative estimate of drug-likeness (QED) is 0.480. The lowest BCUT2D eigenvalue weighted by atomic mass is 10.5. The van der Waals surface area contributed by atoms with Gasteiger partial charge in [0.15, 0.2) is 0 Å². The van der Waals surface area contributed by atoms with Crippen LogP contribution in [0.15, 0.2) is 29.4 Å². The molecule has 1 heterocycles. The van der Waals surface area contributed by atoms with Gasteiger partial charge in [-0.3, -0.25) is 0 Å². The third-order valence-corrected chi connectivity index (χ3v) is 5.14. The third-order valence-electron chi connectivity index (χ3n) is 0.904. The van der Waals surface area contributed by atoms with Gasteiger partial charge in [-0.05, 0) is 29.9 Å². The first-order valence-electron chi connectivity index (χ1n) is 3.17. The fraction of sp³-hybridized carbons (Fsp3) is 0.286. The first-order valence-corrected chi connectivity index (χ1v) is 6.63. The predicted molar refractivity (Wildman–Crippen MR) is 61.2 cm³/mol. The number of pyridine rings is 1. The van der Waals surface area contributed by atoms with Crippen molar-refractivity contribution in [2.24, 2.45) is 0 Å². The maximum absolute atomic E-state index is 4.19. The first kappa shape index (κ1) is 9.67. The molecule has 1 unspecified atom stereocenters. The maximum atomic E-state index is 4.19. The van der Waals surface area contributed by atoms with E-state index in [9.17, 15) is 0 Å². The van der Waals surface area contributed by atoms with E-state index in [1.165, 1.54) is 0 Å². The van der Waals surface area contributed by atoms with Crippen LogP contribution in [0, 0.1) is 0 Å². The molecule has 0 N–H and O–H groups in total. The number of hydrogen-bond donors (Lipinski definition) is 0. The van der Waals surface area contributed by atoms with Gasteiger partial charge in [-0.25, -0.2) is 4.98 Å². The van der Waals surface area contributed by atoms with E-state index in [0.29, 0.717) is 3.26 Å². The van der Waals surface area contributed by atoms with Gasteiger partial charge in [-0.1, -0.05) is 39.5 Å². The molecule has 1 atom stereocenters. The summed E-state index contributed by atoms with van der Waals surface area (Å²) < 4.78 is 0.625. The van der Waals surface area contributed by atoms with Crippen LogP contribution < -0.4 is 0 Å². The van der Waals surface area contributed by atoms with Crippen molar-refractivity contribution < 1.29 is 0 Å². The Bertz CT molecular complexity index is 203. The molecule has 0 aromatic carbocycles. The van der Waals surface area contributed by atoms with Crippen molar-refractivity contribution in [3.05, 3.63) is 24.4 Å². The highest BCUT2D eigenvalue weighted by molar-refractivity contribution is 14.1. The molecule has 11 heavy (non-hydrogen) atoms. The summed E-state index contributed by atoms with van der Waals surface area (Å²) in [7, 11) is 3.55. The zero-order valence-corrected chi connectivity index (χ0v) is 9.82. The molecule has 0 fully saturated rings. The topological polar surface area (TPSA) is 12.9 Å². The molecule has 0 aliphatic heterocycles. The molecule has 1 rings (SSSR count). The lowest BCUT2D eigenvalue weighted by Crippen LogP contribution is -1.77. The van der Waals surface area contributed by atoms with Crippen LogP contribution in [0.4, 0.5) is 0 Å². The molecule has 4 heteroatoms. The summed E-state index contributed by atoms with van der Waals surface area (Å²) in [5.41, 5.74) is 0. The smallest absolute Gasteiger partial charge is 0.107 e. The Hall–Kier alpha value is 0.580. The van der Waals surface area contributed by atoms with Crippen LogP contribution >= 0.6 is 44.2 Å². The minimum Gasteiger partial charge on any atom is -0.249 e. The SMILES string of the molecule is CC(I)SSc1ccccn1. The molecule has 1 aromatic heterocycles. The van der Waals surface area contributed by atoms with E-state index in [1.807, 2.05) is 35.2 Å². The van der Waals surface area contributed by atoms with Gasteiger partial charge in [0.05, 0.1) is 3.26 Å². The lowest BCUT2D eigenvalue weighted by Gasteiger charge is -1.99. The van der Waals surface area contributed by atoms with Crippen LogP contribution in [-0.4, -0.2) is 8.24 Å². The molecular weight excluding hydrogens is 289 g/mol. The monoisotopic (exact) mass is 297 g/mol. The van der Waals surface area contributed by atoms with E-state index in [1.54, 1.807) is 10.8 Å². The van der Waals surface area contributed by atoms with Gasteiger partial charge >= 0.3 is 0 Å². The molecule has 0 radical (unpaired) electrons. The molecule has 0 aliphatic rings. The average molecular weight is 297 g/mol. The Morgan fingerprint density at radius 2 is 2.36 bits per heavy atom. The number of alkyl halides is 1. The van der Waals surface area contributed by atoms with Crippen LogP contribution in [0.3, 0.4) is 0 Å². The van der Waals surface area contributed by atoms with Crippen molar-refractivity contribution >= 4 is 44.2 Å². The summed E-state index contributed by atoms with van der Waals surface area (Å²) in [6.45, 7) is 2.17. The fourth-order valence-corrected chi connectivity index (χ4v) is 2.90. The number of aromatic nitrogens is 1. The van der Waals surface area contributed by atoms with E-state index in [4.69, 9.17) is 0 Å². The predicted octanol–water partition coefficient (Wildman–Crippen LogP) is 3.60. The molecule has 60 valence electrons. The Morgan fingerprint density at radius 3 is 2.91 bits per heavy atom. The van der Waals surface area contributed by atoms with Crippen LogP contribution in [0.1, 0.15) is 6.92 Å². The van der Waals surface area contributed by atoms with Crippen molar-refractivity contribution in [3.63, 3.8) is 0 Å². The van der Waals surface area contributed by atoms with E-state index in [0.717, 1.165) is 5.03 Å². The summed E-state index contributed by atoms with van der Waals surface area (Å²) in [5, 5.41) is 1.08. The van der Waals surface area contributed by atoms with Crippen molar-refractivity contribution in [3.8, 4) is 0 Å². The van der Waals surface area contributed by atoms with Gasteiger partial charge in [0, 0.05) is 6.20 Å². The van der Waals surface area contributed by atoms with Gasteiger partial charge in [0.25, 0.3) is 0 Å². The number of halogens is 1. The third kappa shape index (κ3) is 4.22. The lowest BCUT2D eigenvalue weighted by molar-refractivity contribution is 1.14. The van der Waals surface area contributed by atoms with Crippen molar-refractivity contribution in [1.82, 2.24) is 4.98 Å². The molecule has 1 aromatic rings. The zero-order chi connectivity index (χ0) is 8.10. The molecule has 0 bridgehead atoms. The Labute approximate surface area is 88.3 Å². The fourth-order valence-electron chi connectivity index (χ4n) is 0.512. The van der Waals surface area contributed by atoms with Gasteiger partial charge in [-0.2, -0.15) is 0 Å². The second kappa shape index (κ2) is 5.27. The van der Waals surface area contributed by atoms with Crippen molar-refractivity contribution in [1.29, 1.82) is 0 Å². The normalized spacial score (nSPS) is 12.9. The minimum atomic E-state index is 0.625. The second-order valence-electron chi connectivity index (χ2n) is 1.89. The number of nitrogens with zero attached hydrogens (tertiary/aromatic N) is 1. The second-order valence-corrected chi connectivity index (χ2v) is 7.17. The highest BCUT2D eigenvalue weighted by atomic mass is 127. The molecule has 0 saturated carbocycles. The largest absolute Gasteiger partial charge is 0.249 e. The van der Waals surface area contributed by atoms with Gasteiger partial charge in [0.1, 0.15) is 5.03 Å². The number of hydrogen-bond acceptors (Lipinski definition) is 3. The summed E-state index contributed by atoms with van der Waals surface area (Å²) in [4.78, 5) is 4.19. The molecule has 0 aliphatic carbocycles. The van der Waals surface area contributed by atoms with Crippen LogP contribution in [0.2, 0.25) is 0 Å². The standard InChI is InChI=1S/C7H8INS2/c1-6(8)10-11-7-4-2-3-5-9-7/h2-6H,1H3. The Balaban J connectivity index is 2.39. The Kier molecular flexibility index (Phi) is 4.63. The average Bonchev–Trinajstić information content (AvgIpc) is 2.03. The van der Waals surface area contributed by atoms with E-state index in [-0.39, 0.29) is 0 Å². The maximum Gasteiger partial charge on any atom is 0.107 e. The highest BCUT2D eigenvalue weighted by Crippen LogP contribution is 2.35. The summed E-state index contributed by atoms with van der Waals surface area (Å²) >= 11 is 2.38. The molecule has 0 amide bonds. The molecular formula is C7H8INS2. The van der Waals surface area contributed by atoms with Crippen LogP contribution in [0.5, 0.6) is 0 Å². The van der Waals surface area contributed by atoms with E-state index >= 15 is 0 Å². The molecule has 1 nitrogen and oxygen atoms in total. The first-order chi connectivity index (χ1) is 5.29. The van der Waals surface area contributed by atoms with Gasteiger partial charge in [-0.15, -0.1) is 0 Å². The van der Waals surface area contributed by atoms with Crippen LogP contribution in [-0.2, 0) is 0 Å². The Morgan fingerprint density at radius 1 is 1.55 bits per heavy atom. The van der Waals surface area contributed by atoms with Crippen molar-refractivity contribution in [2.45, 2.75) is 15.2 Å². The number of rotatable bonds is 3. The van der Waals surface area contributed by atoms with Crippen LogP contribution in [0.25, 0.3) is 0 Å². The summed E-state index contributed by atoms with van der Waals surface area (Å²) in [6, 6.07) is 5.96. The van der Waals surface area contributed by atoms with E-state index in [2.05, 4.69) is 34.5 Å². The minimum absolute atomic E-state index is 0.625. The van der Waals surface area contributed by atoms with Crippen molar-refractivity contribution in [2.75, 3.05) is 0 Å². The van der Waals surface area contributed by atoms with Gasteiger partial charge < -0.3 is 0 Å². The molecule has 0 spiro atoms. The van der Waals surface area contributed by atoms with Gasteiger partial charge in [0.2, 0.25) is 0 Å². The summed E-state index contributed by atoms with van der Waals surface area (Å²) in [6.07, 6.45) is 1.82. The van der Waals surface area contributed by atoms with E-state index < -0.39 is 0 Å². The molecule has 0 saturated heterocycles. The zero-order valence-electron chi connectivity index (χ0n) is 6.03. The summed E-state index contributed by atoms with van der Waals surface area (Å²) in [5.74, 6) is 0. The highest BCUT2D eigenvalue weighted by Gasteiger charge is 1.98.